The van der Waals surface area contributed by atoms with Gasteiger partial charge in [0.2, 0.25) is 0 Å². The minimum absolute atomic E-state index is 0.00639. The van der Waals surface area contributed by atoms with Crippen LogP contribution in [0.1, 0.15) is 169 Å². The molecule has 0 saturated carbocycles. The molecule has 0 atom stereocenters. The summed E-state index contributed by atoms with van der Waals surface area (Å²) in [5, 5.41) is 6.45. The van der Waals surface area contributed by atoms with Gasteiger partial charge in [-0.2, -0.15) is 0 Å². The van der Waals surface area contributed by atoms with Crippen LogP contribution in [0.5, 0.6) is 0 Å². The van der Waals surface area contributed by atoms with Crippen LogP contribution in [0.4, 0.5) is 34.1 Å². The standard InChI is InChI=1S/C120H107BN4OS/c1-115(2,3)76-51-57-100-92(64-76)93-65-77(116(4,5)6)52-58-101(93)123(100)83-54-56-96-102(71-83)124(113-90(72-35-21-19-22-36-72)66-80(119(13,14)15)67-91(113)73-37-23-20-24-38-73)104-61-75(74-59-78(117(7,8)9)63-79(60-74)118(10,11)12)62-105-112(104)121(96)97-55-53-82(122-98-45-29-25-39-84(98)85-40-26-30-46-99(85)122)70-103(97)125(105)114-94(86-43-33-48-107-110(86)88-41-27-31-47-106(88)126-107)68-81(120(16,17)18)69-95(114)87-44-34-50-109-111(87)89-42-28-32-49-108(89)127-109/h19-71H,1-18H3/i25D,26D,29D,30D,39D,40D,45D,46D. The molecular formula is C120H107BN4OS. The van der Waals surface area contributed by atoms with E-state index in [0.717, 1.165) is 171 Å². The Morgan fingerprint density at radius 3 is 1.20 bits per heavy atom. The van der Waals surface area contributed by atoms with E-state index in [2.05, 4.69) is 400 Å². The number of aromatic nitrogens is 2. The Balaban J connectivity index is 0.993. The second-order valence-electron chi connectivity index (χ2n) is 41.5. The van der Waals surface area contributed by atoms with E-state index < -0.39 is 48.4 Å². The molecule has 0 unspecified atom stereocenters. The number of benzene rings is 16. The number of nitrogens with zero attached hydrogens (tertiary/aromatic N) is 4. The first-order valence-corrected chi connectivity index (χ1v) is 45.5. The molecule has 0 bridgehead atoms. The number of anilines is 6. The van der Waals surface area contributed by atoms with Crippen molar-refractivity contribution in [3.63, 3.8) is 0 Å². The minimum Gasteiger partial charge on any atom is -0.456 e. The summed E-state index contributed by atoms with van der Waals surface area (Å²) in [6.07, 6.45) is 0. The molecule has 0 aliphatic carbocycles. The van der Waals surface area contributed by atoms with Gasteiger partial charge in [-0.3, -0.25) is 0 Å². The third-order valence-electron chi connectivity index (χ3n) is 27.0. The maximum Gasteiger partial charge on any atom is 0.252 e. The van der Waals surface area contributed by atoms with Gasteiger partial charge in [0.25, 0.3) is 6.71 Å². The summed E-state index contributed by atoms with van der Waals surface area (Å²) in [6, 6.07) is 98.5. The molecule has 0 radical (unpaired) electrons. The van der Waals surface area contributed by atoms with Gasteiger partial charge >= 0.3 is 0 Å². The van der Waals surface area contributed by atoms with Gasteiger partial charge in [-0.05, 0) is 237 Å². The first-order valence-electron chi connectivity index (χ1n) is 48.7. The number of fused-ring (bicyclic) bond motifs is 16. The smallest absolute Gasteiger partial charge is 0.252 e. The van der Waals surface area contributed by atoms with E-state index in [1.54, 1.807) is 15.9 Å². The summed E-state index contributed by atoms with van der Waals surface area (Å²) in [5.41, 5.74) is 28.5. The maximum absolute atomic E-state index is 10.2. The summed E-state index contributed by atoms with van der Waals surface area (Å²) >= 11 is 1.78. The van der Waals surface area contributed by atoms with Crippen LogP contribution in [0, 0.1) is 0 Å². The predicted molar refractivity (Wildman–Crippen MR) is 549 cm³/mol. The van der Waals surface area contributed by atoms with Gasteiger partial charge in [-0.1, -0.05) is 325 Å². The van der Waals surface area contributed by atoms with Crippen molar-refractivity contribution in [2.75, 3.05) is 9.80 Å². The average Bonchev–Trinajstić information content (AvgIpc) is 1.61. The highest BCUT2D eigenvalue weighted by molar-refractivity contribution is 7.26. The van der Waals surface area contributed by atoms with E-state index in [0.29, 0.717) is 5.69 Å². The van der Waals surface area contributed by atoms with Crippen LogP contribution in [0.2, 0.25) is 0 Å². The Bertz CT molecular complexity index is 8110. The van der Waals surface area contributed by atoms with Crippen LogP contribution in [0.3, 0.4) is 0 Å². The number of para-hydroxylation sites is 3. The Morgan fingerprint density at radius 1 is 0.276 bits per heavy atom. The number of furan rings is 1. The van der Waals surface area contributed by atoms with Gasteiger partial charge < -0.3 is 23.4 Å². The lowest BCUT2D eigenvalue weighted by Crippen LogP contribution is -2.61. The lowest BCUT2D eigenvalue weighted by molar-refractivity contribution is 0.569. The second kappa shape index (κ2) is 28.7. The molecule has 2 aliphatic rings. The van der Waals surface area contributed by atoms with Gasteiger partial charge in [0.15, 0.2) is 0 Å². The molecule has 7 heteroatoms. The monoisotopic (exact) mass is 1670 g/mol. The van der Waals surface area contributed by atoms with E-state index in [-0.39, 0.29) is 61.0 Å². The Morgan fingerprint density at radius 2 is 0.685 bits per heavy atom. The minimum atomic E-state index is -0.620. The molecule has 4 aromatic heterocycles. The molecule has 22 rings (SSSR count). The van der Waals surface area contributed by atoms with E-state index in [9.17, 15) is 11.0 Å². The van der Waals surface area contributed by atoms with Gasteiger partial charge in [-0.15, -0.1) is 11.3 Å². The number of rotatable bonds is 9. The summed E-state index contributed by atoms with van der Waals surface area (Å²) in [7, 11) is 0. The maximum atomic E-state index is 10.2. The Kier molecular flexibility index (Phi) is 16.0. The SMILES string of the molecule is [2H]c1c([2H])c([2H])c2c(c1[2H])c1c([2H])c([2H])c([2H])c([2H])c1n2-c1ccc2c(c1)N(c1c(-c3cccc4oc5ccccc5c34)cc(C(C)(C)C)cc1-c1cccc3sc4ccccc4c13)c1cc(-c3cc(C(C)(C)C)cc(C(C)(C)C)c3)cc3c1B2c1ccc(-n2c4ccc(C(C)(C)C)cc4c4cc(C(C)(C)C)ccc42)cc1N3c1c(-c2ccccc2)cc(C(C)(C)C)cc1-c1ccccc1. The largest absolute Gasteiger partial charge is 0.456 e. The zero-order chi connectivity index (χ0) is 94.6. The van der Waals surface area contributed by atoms with Crippen LogP contribution in [0.25, 0.3) is 153 Å². The van der Waals surface area contributed by atoms with Gasteiger partial charge in [0, 0.05) is 109 Å². The van der Waals surface area contributed by atoms with Crippen LogP contribution >= 0.6 is 11.3 Å². The molecule has 16 aromatic carbocycles. The van der Waals surface area contributed by atoms with Crippen LogP contribution in [-0.2, 0) is 32.5 Å². The zero-order valence-corrected chi connectivity index (χ0v) is 76.5. The van der Waals surface area contributed by atoms with E-state index in [1.807, 2.05) is 12.1 Å². The van der Waals surface area contributed by atoms with Crippen molar-refractivity contribution < 1.29 is 15.4 Å². The van der Waals surface area contributed by atoms with Gasteiger partial charge in [-0.25, -0.2) is 0 Å². The third-order valence-corrected chi connectivity index (χ3v) is 28.2. The molecule has 127 heavy (non-hydrogen) atoms. The fourth-order valence-electron chi connectivity index (χ4n) is 20.2. The molecule has 2 aliphatic heterocycles. The van der Waals surface area contributed by atoms with Crippen LogP contribution in [0.15, 0.2) is 326 Å². The van der Waals surface area contributed by atoms with E-state index in [1.165, 1.54) is 38.6 Å². The molecule has 0 spiro atoms. The van der Waals surface area contributed by atoms with Crippen LogP contribution in [-0.4, -0.2) is 15.8 Å². The quantitative estimate of drug-likeness (QED) is 0.135. The average molecular weight is 1670 g/mol. The zero-order valence-electron chi connectivity index (χ0n) is 83.7. The predicted octanol–water partition coefficient (Wildman–Crippen LogP) is 32.4. The van der Waals surface area contributed by atoms with Crippen molar-refractivity contribution in [2.24, 2.45) is 0 Å². The fourth-order valence-corrected chi connectivity index (χ4v) is 21.3. The molecule has 5 nitrogen and oxygen atoms in total. The molecule has 0 N–H and O–H groups in total. The lowest BCUT2D eigenvalue weighted by Gasteiger charge is -2.46. The van der Waals surface area contributed by atoms with Crippen molar-refractivity contribution in [3.05, 3.63) is 355 Å². The molecule has 20 aromatic rings. The number of hydrogen-bond donors (Lipinski definition) is 0. The molecule has 0 saturated heterocycles. The highest BCUT2D eigenvalue weighted by Crippen LogP contribution is 2.59. The van der Waals surface area contributed by atoms with Crippen molar-refractivity contribution in [1.82, 2.24) is 9.13 Å². The first-order chi connectivity index (χ1) is 64.1. The number of hydrogen-bond acceptors (Lipinski definition) is 4. The summed E-state index contributed by atoms with van der Waals surface area (Å²) in [4.78, 5) is 5.21. The van der Waals surface area contributed by atoms with Crippen molar-refractivity contribution in [3.8, 4) is 67.0 Å². The van der Waals surface area contributed by atoms with Crippen LogP contribution < -0.4 is 26.2 Å². The van der Waals surface area contributed by atoms with Crippen molar-refractivity contribution >= 4 is 154 Å². The summed E-state index contributed by atoms with van der Waals surface area (Å²) in [5.74, 6) is 0. The fraction of sp³-hybridized carbons (Fsp3) is 0.200. The van der Waals surface area contributed by atoms with Gasteiger partial charge in [0.05, 0.1) is 44.4 Å². The van der Waals surface area contributed by atoms with E-state index >= 15 is 0 Å². The lowest BCUT2D eigenvalue weighted by atomic mass is 9.33. The highest BCUT2D eigenvalue weighted by Gasteiger charge is 2.47. The molecular weight excluding hydrogens is 1560 g/mol. The normalized spacial score (nSPS) is 14.3. The first kappa shape index (κ1) is 71.0. The van der Waals surface area contributed by atoms with E-state index in [4.69, 9.17) is 4.42 Å². The Hall–Kier alpha value is -13.2. The molecule has 0 fully saturated rings. The number of thiophene rings is 1. The Labute approximate surface area is 762 Å². The molecule has 6 heterocycles. The molecule has 0 amide bonds. The highest BCUT2D eigenvalue weighted by atomic mass is 32.1. The summed E-state index contributed by atoms with van der Waals surface area (Å²) in [6.45, 7) is 40.9. The summed E-state index contributed by atoms with van der Waals surface area (Å²) < 4.78 is 91.8. The van der Waals surface area contributed by atoms with Crippen molar-refractivity contribution in [1.29, 1.82) is 0 Å². The topological polar surface area (TPSA) is 29.5 Å². The third kappa shape index (κ3) is 13.0. The molecule has 622 valence electrons. The second-order valence-corrected chi connectivity index (χ2v) is 42.6. The van der Waals surface area contributed by atoms with Gasteiger partial charge in [0.1, 0.15) is 11.2 Å². The van der Waals surface area contributed by atoms with Crippen molar-refractivity contribution in [2.45, 2.75) is 157 Å².